The molecule has 1 aromatic carbocycles. The van der Waals surface area contributed by atoms with Gasteiger partial charge in [0.2, 0.25) is 0 Å². The van der Waals surface area contributed by atoms with Crippen LogP contribution in [0.25, 0.3) is 0 Å². The maximum Gasteiger partial charge on any atom is 0.365 e. The fraction of sp³-hybridized carbons (Fsp3) is 0.0667. The van der Waals surface area contributed by atoms with E-state index in [1.807, 2.05) is 0 Å². The minimum Gasteiger partial charge on any atom is -0.324 e. The van der Waals surface area contributed by atoms with Gasteiger partial charge in [-0.05, 0) is 18.2 Å². The first kappa shape index (κ1) is 17.1. The number of aromatic nitrogens is 1. The number of carbonyl (C=O) groups excluding carboxylic acids is 3. The number of sulfone groups is 1. The number of carbonyl (C=O) groups is 3. The average Bonchev–Trinajstić information content (AvgIpc) is 2.79. The van der Waals surface area contributed by atoms with Gasteiger partial charge >= 0.3 is 5.97 Å². The maximum atomic E-state index is 12.3. The van der Waals surface area contributed by atoms with E-state index in [0.717, 1.165) is 18.5 Å². The number of imide groups is 1. The molecule has 0 saturated carbocycles. The number of rotatable bonds is 3. The van der Waals surface area contributed by atoms with Crippen molar-refractivity contribution in [1.82, 2.24) is 10.0 Å². The topological polar surface area (TPSA) is 111 Å². The lowest BCUT2D eigenvalue weighted by atomic mass is 10.1. The van der Waals surface area contributed by atoms with Gasteiger partial charge in [0.15, 0.2) is 14.9 Å². The third kappa shape index (κ3) is 2.99. The van der Waals surface area contributed by atoms with Crippen molar-refractivity contribution < 1.29 is 27.6 Å². The Bertz CT molecular complexity index is 999. The van der Waals surface area contributed by atoms with Crippen molar-refractivity contribution in [3.8, 4) is 0 Å². The van der Waals surface area contributed by atoms with Crippen LogP contribution in [0.1, 0.15) is 31.1 Å². The second-order valence-electron chi connectivity index (χ2n) is 5.10. The summed E-state index contributed by atoms with van der Waals surface area (Å²) in [5, 5.41) is -0.274. The van der Waals surface area contributed by atoms with E-state index in [0.29, 0.717) is 5.06 Å². The first-order valence-electron chi connectivity index (χ1n) is 6.76. The normalized spacial score (nSPS) is 13.8. The predicted octanol–water partition coefficient (Wildman–Crippen LogP) is 1.51. The Kier molecular flexibility index (Phi) is 4.05. The van der Waals surface area contributed by atoms with E-state index in [2.05, 4.69) is 4.98 Å². The summed E-state index contributed by atoms with van der Waals surface area (Å²) in [5.41, 5.74) is -0.149. The highest BCUT2D eigenvalue weighted by atomic mass is 35.5. The maximum absolute atomic E-state index is 12.3. The number of hydrogen-bond donors (Lipinski definition) is 0. The van der Waals surface area contributed by atoms with Crippen LogP contribution >= 0.6 is 11.6 Å². The van der Waals surface area contributed by atoms with Crippen molar-refractivity contribution in [2.24, 2.45) is 0 Å². The fourth-order valence-corrected chi connectivity index (χ4v) is 2.92. The largest absolute Gasteiger partial charge is 0.365 e. The summed E-state index contributed by atoms with van der Waals surface area (Å²) in [5.74, 6) is -2.77. The second kappa shape index (κ2) is 5.94. The van der Waals surface area contributed by atoms with Gasteiger partial charge in [-0.1, -0.05) is 28.8 Å². The summed E-state index contributed by atoms with van der Waals surface area (Å²) >= 11 is 5.84. The van der Waals surface area contributed by atoms with Gasteiger partial charge in [0, 0.05) is 12.5 Å². The number of hydroxylamine groups is 2. The van der Waals surface area contributed by atoms with E-state index < -0.39 is 32.6 Å². The number of nitrogens with zero attached hydrogens (tertiary/aromatic N) is 2. The molecule has 1 aliphatic rings. The van der Waals surface area contributed by atoms with Crippen LogP contribution in [0.15, 0.2) is 41.6 Å². The molecule has 0 atom stereocenters. The number of benzene rings is 1. The van der Waals surface area contributed by atoms with Crippen LogP contribution in [0.2, 0.25) is 5.02 Å². The molecule has 0 radical (unpaired) electrons. The second-order valence-corrected chi connectivity index (χ2v) is 7.47. The van der Waals surface area contributed by atoms with E-state index in [4.69, 9.17) is 16.4 Å². The van der Waals surface area contributed by atoms with Crippen LogP contribution in [0.4, 0.5) is 0 Å². The Hall–Kier alpha value is -2.78. The minimum absolute atomic E-state index is 0.0953. The molecule has 1 aromatic heterocycles. The number of amides is 2. The molecule has 1 aliphatic heterocycles. The summed E-state index contributed by atoms with van der Waals surface area (Å²) in [6.07, 6.45) is 1.87. The van der Waals surface area contributed by atoms with E-state index >= 15 is 0 Å². The Morgan fingerprint density at radius 1 is 1.16 bits per heavy atom. The van der Waals surface area contributed by atoms with Crippen molar-refractivity contribution >= 4 is 39.2 Å². The van der Waals surface area contributed by atoms with Gasteiger partial charge in [0.25, 0.3) is 11.8 Å². The molecule has 2 heterocycles. The van der Waals surface area contributed by atoms with E-state index in [-0.39, 0.29) is 21.7 Å². The number of fused-ring (bicyclic) bond motifs is 1. The van der Waals surface area contributed by atoms with Crippen molar-refractivity contribution in [3.05, 3.63) is 58.2 Å². The first-order valence-corrected chi connectivity index (χ1v) is 9.03. The highest BCUT2D eigenvalue weighted by Gasteiger charge is 2.39. The molecule has 0 saturated heterocycles. The number of hydrogen-bond acceptors (Lipinski definition) is 7. The Morgan fingerprint density at radius 2 is 1.72 bits per heavy atom. The zero-order valence-electron chi connectivity index (χ0n) is 12.6. The van der Waals surface area contributed by atoms with Crippen LogP contribution in [-0.2, 0) is 14.7 Å². The highest BCUT2D eigenvalue weighted by Crippen LogP contribution is 2.25. The molecule has 25 heavy (non-hydrogen) atoms. The van der Waals surface area contributed by atoms with Crippen LogP contribution < -0.4 is 0 Å². The summed E-state index contributed by atoms with van der Waals surface area (Å²) in [6.45, 7) is 0. The lowest BCUT2D eigenvalue weighted by molar-refractivity contribution is -0.0584. The van der Waals surface area contributed by atoms with Gasteiger partial charge in [-0.25, -0.2) is 18.2 Å². The number of halogens is 1. The molecule has 128 valence electrons. The Labute approximate surface area is 146 Å². The third-order valence-electron chi connectivity index (χ3n) is 3.36. The first-order chi connectivity index (χ1) is 11.7. The molecule has 2 amide bonds. The van der Waals surface area contributed by atoms with Crippen LogP contribution in [0, 0.1) is 0 Å². The third-order valence-corrected chi connectivity index (χ3v) is 4.65. The minimum atomic E-state index is -3.69. The van der Waals surface area contributed by atoms with E-state index in [1.165, 1.54) is 12.1 Å². The average molecular weight is 381 g/mol. The predicted molar refractivity (Wildman–Crippen MR) is 84.7 cm³/mol. The van der Waals surface area contributed by atoms with Crippen LogP contribution in [-0.4, -0.2) is 42.5 Å². The standard InChI is InChI=1S/C15H9ClN2O6S/c1-25(22,23)12-6-10(11(16)7-17-12)15(21)24-18-13(19)8-4-2-3-5-9(8)14(18)20/h2-7H,1H3. The van der Waals surface area contributed by atoms with Crippen molar-refractivity contribution in [3.63, 3.8) is 0 Å². The van der Waals surface area contributed by atoms with Crippen LogP contribution in [0.5, 0.6) is 0 Å². The van der Waals surface area contributed by atoms with E-state index in [9.17, 15) is 22.8 Å². The molecule has 3 rings (SSSR count). The molecule has 0 N–H and O–H groups in total. The number of pyridine rings is 1. The molecular formula is C15H9ClN2O6S. The molecular weight excluding hydrogens is 372 g/mol. The highest BCUT2D eigenvalue weighted by molar-refractivity contribution is 7.90. The Balaban J connectivity index is 1.92. The quantitative estimate of drug-likeness (QED) is 0.742. The summed E-state index contributed by atoms with van der Waals surface area (Å²) < 4.78 is 23.1. The van der Waals surface area contributed by atoms with E-state index in [1.54, 1.807) is 12.1 Å². The molecule has 0 aliphatic carbocycles. The summed E-state index contributed by atoms with van der Waals surface area (Å²) in [6, 6.07) is 6.88. The zero-order valence-corrected chi connectivity index (χ0v) is 14.2. The van der Waals surface area contributed by atoms with Crippen molar-refractivity contribution in [2.75, 3.05) is 6.26 Å². The SMILES string of the molecule is CS(=O)(=O)c1cc(C(=O)ON2C(=O)c3ccccc3C2=O)c(Cl)cn1. The van der Waals surface area contributed by atoms with Gasteiger partial charge in [-0.2, -0.15) is 0 Å². The molecule has 0 unspecified atom stereocenters. The lowest BCUT2D eigenvalue weighted by Gasteiger charge is -2.13. The molecule has 8 nitrogen and oxygen atoms in total. The lowest BCUT2D eigenvalue weighted by Crippen LogP contribution is -2.32. The molecule has 0 spiro atoms. The summed E-state index contributed by atoms with van der Waals surface area (Å²) in [7, 11) is -3.69. The monoisotopic (exact) mass is 380 g/mol. The molecule has 0 fully saturated rings. The van der Waals surface area contributed by atoms with Gasteiger partial charge in [-0.3, -0.25) is 9.59 Å². The Morgan fingerprint density at radius 3 is 2.24 bits per heavy atom. The van der Waals surface area contributed by atoms with Gasteiger partial charge in [0.1, 0.15) is 0 Å². The summed E-state index contributed by atoms with van der Waals surface area (Å²) in [4.78, 5) is 45.1. The van der Waals surface area contributed by atoms with Crippen molar-refractivity contribution in [1.29, 1.82) is 0 Å². The molecule has 2 aromatic rings. The molecule has 0 bridgehead atoms. The van der Waals surface area contributed by atoms with Gasteiger partial charge in [0.05, 0.1) is 21.7 Å². The van der Waals surface area contributed by atoms with Crippen molar-refractivity contribution in [2.45, 2.75) is 5.03 Å². The van der Waals surface area contributed by atoms with Gasteiger partial charge < -0.3 is 4.84 Å². The fourth-order valence-electron chi connectivity index (χ4n) is 2.16. The molecule has 10 heteroatoms. The smallest absolute Gasteiger partial charge is 0.324 e. The van der Waals surface area contributed by atoms with Gasteiger partial charge in [-0.15, -0.1) is 0 Å². The van der Waals surface area contributed by atoms with Crippen LogP contribution in [0.3, 0.4) is 0 Å². The zero-order chi connectivity index (χ0) is 18.4.